The van der Waals surface area contributed by atoms with Crippen molar-refractivity contribution in [2.24, 2.45) is 5.92 Å². The van der Waals surface area contributed by atoms with Gasteiger partial charge in [-0.25, -0.2) is 0 Å². The minimum Gasteiger partial charge on any atom is -0.337 e. The van der Waals surface area contributed by atoms with E-state index in [1.54, 1.807) is 0 Å². The molecule has 1 aliphatic heterocycles. The largest absolute Gasteiger partial charge is 0.337 e. The van der Waals surface area contributed by atoms with Gasteiger partial charge in [-0.15, -0.1) is 0 Å². The number of nitrogens with one attached hydrogen (secondary N) is 2. The van der Waals surface area contributed by atoms with Gasteiger partial charge < -0.3 is 10.6 Å². The van der Waals surface area contributed by atoms with Gasteiger partial charge in [0, 0.05) is 18.0 Å². The van der Waals surface area contributed by atoms with Crippen LogP contribution in [0.15, 0.2) is 41.1 Å². The Morgan fingerprint density at radius 1 is 1.42 bits per heavy atom. The molecule has 1 aromatic carbocycles. The molecule has 6 heteroatoms. The second kappa shape index (κ2) is 7.28. The summed E-state index contributed by atoms with van der Waals surface area (Å²) in [5.41, 5.74) is 2.74. The number of para-hydroxylation sites is 1. The van der Waals surface area contributed by atoms with E-state index in [1.165, 1.54) is 11.3 Å². The Hall–Kier alpha value is -2.65. The summed E-state index contributed by atoms with van der Waals surface area (Å²) in [5, 5.41) is 18.5. The SMILES string of the molecule is N#C[C@H](NC(=O)CC[C@H]1Cc2ccccc2NC1=O)c1ccsc1. The van der Waals surface area contributed by atoms with E-state index in [4.69, 9.17) is 0 Å². The van der Waals surface area contributed by atoms with Gasteiger partial charge in [0.15, 0.2) is 0 Å². The van der Waals surface area contributed by atoms with Gasteiger partial charge in [0.1, 0.15) is 6.04 Å². The predicted octanol–water partition coefficient (Wildman–Crippen LogP) is 3.02. The molecule has 0 unspecified atom stereocenters. The standard InChI is InChI=1S/C18H17N3O2S/c19-10-16(14-7-8-24-11-14)20-17(22)6-5-13-9-12-3-1-2-4-15(12)21-18(13)23/h1-4,7-8,11,13,16H,5-6,9H2,(H,20,22)(H,21,23)/t13-,16-/m0/s1. The monoisotopic (exact) mass is 339 g/mol. The highest BCUT2D eigenvalue weighted by Gasteiger charge is 2.26. The fraction of sp³-hybridized carbons (Fsp3) is 0.278. The lowest BCUT2D eigenvalue weighted by Crippen LogP contribution is -2.32. The minimum absolute atomic E-state index is 0.0452. The van der Waals surface area contributed by atoms with Crippen molar-refractivity contribution >= 4 is 28.8 Å². The maximum Gasteiger partial charge on any atom is 0.227 e. The fourth-order valence-corrected chi connectivity index (χ4v) is 3.50. The number of benzene rings is 1. The van der Waals surface area contributed by atoms with Gasteiger partial charge in [0.25, 0.3) is 0 Å². The molecular formula is C18H17N3O2S. The summed E-state index contributed by atoms with van der Waals surface area (Å²) in [6, 6.07) is 11.0. The molecule has 2 atom stereocenters. The Morgan fingerprint density at radius 3 is 3.00 bits per heavy atom. The third-order valence-corrected chi connectivity index (χ3v) is 4.84. The second-order valence-corrected chi connectivity index (χ2v) is 6.55. The first kappa shape index (κ1) is 16.2. The number of nitriles is 1. The molecule has 2 N–H and O–H groups in total. The number of fused-ring (bicyclic) bond motifs is 1. The molecular weight excluding hydrogens is 322 g/mol. The highest BCUT2D eigenvalue weighted by molar-refractivity contribution is 7.08. The molecule has 1 aromatic heterocycles. The van der Waals surface area contributed by atoms with Crippen LogP contribution in [0.1, 0.15) is 30.0 Å². The van der Waals surface area contributed by atoms with Crippen LogP contribution in [0.3, 0.4) is 0 Å². The van der Waals surface area contributed by atoms with Crippen molar-refractivity contribution in [1.82, 2.24) is 5.32 Å². The zero-order valence-corrected chi connectivity index (χ0v) is 13.8. The molecule has 2 heterocycles. The fourth-order valence-electron chi connectivity index (χ4n) is 2.81. The average molecular weight is 339 g/mol. The summed E-state index contributed by atoms with van der Waals surface area (Å²) < 4.78 is 0. The van der Waals surface area contributed by atoms with Crippen molar-refractivity contribution in [3.05, 3.63) is 52.2 Å². The molecule has 1 aliphatic rings. The van der Waals surface area contributed by atoms with E-state index in [9.17, 15) is 14.9 Å². The molecule has 0 fully saturated rings. The van der Waals surface area contributed by atoms with Crippen molar-refractivity contribution in [1.29, 1.82) is 5.26 Å². The average Bonchev–Trinajstić information content (AvgIpc) is 3.12. The van der Waals surface area contributed by atoms with E-state index < -0.39 is 6.04 Å². The Morgan fingerprint density at radius 2 is 2.25 bits per heavy atom. The number of carbonyl (C=O) groups excluding carboxylic acids is 2. The van der Waals surface area contributed by atoms with Crippen LogP contribution in [0.25, 0.3) is 0 Å². The number of carbonyl (C=O) groups is 2. The topological polar surface area (TPSA) is 82.0 Å². The number of nitrogens with zero attached hydrogens (tertiary/aromatic N) is 1. The number of anilines is 1. The van der Waals surface area contributed by atoms with Crippen LogP contribution >= 0.6 is 11.3 Å². The molecule has 122 valence electrons. The van der Waals surface area contributed by atoms with Gasteiger partial charge in [-0.3, -0.25) is 9.59 Å². The Kier molecular flexibility index (Phi) is 4.92. The summed E-state index contributed by atoms with van der Waals surface area (Å²) >= 11 is 1.48. The van der Waals surface area contributed by atoms with Crippen LogP contribution in [-0.4, -0.2) is 11.8 Å². The van der Waals surface area contributed by atoms with Gasteiger partial charge in [-0.1, -0.05) is 18.2 Å². The molecule has 0 spiro atoms. The van der Waals surface area contributed by atoms with Crippen molar-refractivity contribution in [2.45, 2.75) is 25.3 Å². The van der Waals surface area contributed by atoms with Gasteiger partial charge in [0.05, 0.1) is 6.07 Å². The van der Waals surface area contributed by atoms with Crippen LogP contribution in [0.5, 0.6) is 0 Å². The molecule has 2 aromatic rings. The predicted molar refractivity (Wildman–Crippen MR) is 92.3 cm³/mol. The molecule has 24 heavy (non-hydrogen) atoms. The maximum atomic E-state index is 12.1. The third kappa shape index (κ3) is 3.63. The Balaban J connectivity index is 1.55. The summed E-state index contributed by atoms with van der Waals surface area (Å²) in [6.07, 6.45) is 1.33. The first-order valence-corrected chi connectivity index (χ1v) is 8.71. The van der Waals surface area contributed by atoms with Crippen LogP contribution < -0.4 is 10.6 Å². The highest BCUT2D eigenvalue weighted by Crippen LogP contribution is 2.27. The lowest BCUT2D eigenvalue weighted by molar-refractivity contribution is -0.123. The van der Waals surface area contributed by atoms with E-state index in [1.807, 2.05) is 41.1 Å². The first-order chi connectivity index (χ1) is 11.7. The van der Waals surface area contributed by atoms with E-state index >= 15 is 0 Å². The quantitative estimate of drug-likeness (QED) is 0.878. The van der Waals surface area contributed by atoms with Crippen molar-refractivity contribution in [3.8, 4) is 6.07 Å². The van der Waals surface area contributed by atoms with Crippen molar-refractivity contribution in [3.63, 3.8) is 0 Å². The van der Waals surface area contributed by atoms with Crippen molar-refractivity contribution < 1.29 is 9.59 Å². The lowest BCUT2D eigenvalue weighted by atomic mass is 9.89. The molecule has 5 nitrogen and oxygen atoms in total. The molecule has 0 saturated carbocycles. The van der Waals surface area contributed by atoms with Crippen LogP contribution in [0.2, 0.25) is 0 Å². The molecule has 0 radical (unpaired) electrons. The first-order valence-electron chi connectivity index (χ1n) is 7.77. The number of hydrogen-bond donors (Lipinski definition) is 2. The number of rotatable bonds is 5. The van der Waals surface area contributed by atoms with Crippen LogP contribution in [0.4, 0.5) is 5.69 Å². The zero-order valence-electron chi connectivity index (χ0n) is 13.0. The summed E-state index contributed by atoms with van der Waals surface area (Å²) in [7, 11) is 0. The molecule has 3 rings (SSSR count). The van der Waals surface area contributed by atoms with Gasteiger partial charge >= 0.3 is 0 Å². The van der Waals surface area contributed by atoms with E-state index in [0.29, 0.717) is 12.8 Å². The molecule has 0 aliphatic carbocycles. The maximum absolute atomic E-state index is 12.1. The van der Waals surface area contributed by atoms with Crippen molar-refractivity contribution in [2.75, 3.05) is 5.32 Å². The van der Waals surface area contributed by atoms with E-state index in [-0.39, 0.29) is 24.2 Å². The molecule has 2 amide bonds. The molecule has 0 bridgehead atoms. The van der Waals surface area contributed by atoms with Crippen LogP contribution in [-0.2, 0) is 16.0 Å². The van der Waals surface area contributed by atoms with Crippen LogP contribution in [0, 0.1) is 17.2 Å². The molecule has 0 saturated heterocycles. The summed E-state index contributed by atoms with van der Waals surface area (Å²) in [5.74, 6) is -0.470. The number of amides is 2. The normalized spacial score (nSPS) is 17.3. The van der Waals surface area contributed by atoms with Gasteiger partial charge in [-0.05, 0) is 46.9 Å². The van der Waals surface area contributed by atoms with Gasteiger partial charge in [0.2, 0.25) is 11.8 Å². The number of hydrogen-bond acceptors (Lipinski definition) is 4. The second-order valence-electron chi connectivity index (χ2n) is 5.77. The Labute approximate surface area is 144 Å². The van der Waals surface area contributed by atoms with E-state index in [2.05, 4.69) is 16.7 Å². The highest BCUT2D eigenvalue weighted by atomic mass is 32.1. The smallest absolute Gasteiger partial charge is 0.227 e. The summed E-state index contributed by atoms with van der Waals surface area (Å²) in [6.45, 7) is 0. The van der Waals surface area contributed by atoms with Gasteiger partial charge in [-0.2, -0.15) is 16.6 Å². The lowest BCUT2D eigenvalue weighted by Gasteiger charge is -2.24. The number of thiophene rings is 1. The van der Waals surface area contributed by atoms with E-state index in [0.717, 1.165) is 16.8 Å². The summed E-state index contributed by atoms with van der Waals surface area (Å²) in [4.78, 5) is 24.3. The third-order valence-electron chi connectivity index (χ3n) is 4.14. The zero-order chi connectivity index (χ0) is 16.9. The minimum atomic E-state index is -0.635. The Bertz CT molecular complexity index is 780.